The molecule has 0 spiro atoms. The van der Waals surface area contributed by atoms with Gasteiger partial charge in [-0.2, -0.15) is 0 Å². The SMILES string of the molecule is CC(C)CC(O)CNC(=O)Nc1ccc2nc(C(F)F)[nH]c2c1. The first-order valence-corrected chi connectivity index (χ1v) is 7.36. The molecule has 0 bridgehead atoms. The van der Waals surface area contributed by atoms with Crippen LogP contribution in [0.3, 0.4) is 0 Å². The topological polar surface area (TPSA) is 90.0 Å². The Morgan fingerprint density at radius 2 is 2.13 bits per heavy atom. The minimum absolute atomic E-state index is 0.145. The number of benzene rings is 1. The van der Waals surface area contributed by atoms with E-state index in [1.165, 1.54) is 6.07 Å². The van der Waals surface area contributed by atoms with E-state index in [0.717, 1.165) is 0 Å². The van der Waals surface area contributed by atoms with Crippen molar-refractivity contribution in [2.45, 2.75) is 32.8 Å². The minimum atomic E-state index is -2.68. The van der Waals surface area contributed by atoms with Crippen molar-refractivity contribution in [1.29, 1.82) is 0 Å². The molecule has 0 fully saturated rings. The Morgan fingerprint density at radius 1 is 1.39 bits per heavy atom. The molecule has 1 aromatic heterocycles. The zero-order valence-corrected chi connectivity index (χ0v) is 12.9. The molecule has 0 radical (unpaired) electrons. The number of alkyl halides is 2. The van der Waals surface area contributed by atoms with Gasteiger partial charge in [0, 0.05) is 12.2 Å². The van der Waals surface area contributed by atoms with Gasteiger partial charge in [-0.3, -0.25) is 0 Å². The lowest BCUT2D eigenvalue weighted by Gasteiger charge is -2.14. The predicted octanol–water partition coefficient (Wildman–Crippen LogP) is 3.03. The number of hydrogen-bond donors (Lipinski definition) is 4. The molecule has 6 nitrogen and oxygen atoms in total. The molecule has 126 valence electrons. The van der Waals surface area contributed by atoms with Crippen molar-refractivity contribution in [2.24, 2.45) is 5.92 Å². The molecule has 2 amide bonds. The summed E-state index contributed by atoms with van der Waals surface area (Å²) < 4.78 is 25.2. The number of aromatic amines is 1. The van der Waals surface area contributed by atoms with Crippen molar-refractivity contribution in [3.8, 4) is 0 Å². The molecule has 0 aliphatic heterocycles. The summed E-state index contributed by atoms with van der Waals surface area (Å²) in [7, 11) is 0. The molecule has 1 heterocycles. The zero-order valence-electron chi connectivity index (χ0n) is 12.9. The number of hydrogen-bond acceptors (Lipinski definition) is 3. The zero-order chi connectivity index (χ0) is 17.0. The third-order valence-corrected chi connectivity index (χ3v) is 3.21. The molecule has 0 saturated heterocycles. The van der Waals surface area contributed by atoms with Crippen molar-refractivity contribution in [3.63, 3.8) is 0 Å². The van der Waals surface area contributed by atoms with Gasteiger partial charge < -0.3 is 20.7 Å². The van der Waals surface area contributed by atoms with E-state index < -0.39 is 24.4 Å². The Bertz CT molecular complexity index is 673. The van der Waals surface area contributed by atoms with Crippen LogP contribution in [-0.2, 0) is 0 Å². The van der Waals surface area contributed by atoms with Crippen molar-refractivity contribution in [2.75, 3.05) is 11.9 Å². The van der Waals surface area contributed by atoms with Crippen molar-refractivity contribution in [1.82, 2.24) is 15.3 Å². The number of carbonyl (C=O) groups excluding carboxylic acids is 1. The number of halogens is 2. The van der Waals surface area contributed by atoms with Gasteiger partial charge in [-0.15, -0.1) is 0 Å². The Labute approximate surface area is 132 Å². The summed E-state index contributed by atoms with van der Waals surface area (Å²) in [6.45, 7) is 4.11. The van der Waals surface area contributed by atoms with Crippen LogP contribution in [0.25, 0.3) is 11.0 Å². The highest BCUT2D eigenvalue weighted by Crippen LogP contribution is 2.22. The Balaban J connectivity index is 1.94. The van der Waals surface area contributed by atoms with Gasteiger partial charge in [-0.1, -0.05) is 13.8 Å². The molecular weight excluding hydrogens is 306 g/mol. The maximum Gasteiger partial charge on any atom is 0.319 e. The minimum Gasteiger partial charge on any atom is -0.391 e. The number of aromatic nitrogens is 2. The summed E-state index contributed by atoms with van der Waals surface area (Å²) in [5, 5.41) is 14.9. The Hall–Kier alpha value is -2.22. The van der Waals surface area contributed by atoms with Crippen LogP contribution < -0.4 is 10.6 Å². The van der Waals surface area contributed by atoms with Gasteiger partial charge in [0.25, 0.3) is 6.43 Å². The summed E-state index contributed by atoms with van der Waals surface area (Å²) in [5.74, 6) is -0.0694. The number of carbonyl (C=O) groups is 1. The molecule has 1 atom stereocenters. The number of anilines is 1. The lowest BCUT2D eigenvalue weighted by Crippen LogP contribution is -2.35. The van der Waals surface area contributed by atoms with Gasteiger partial charge in [0.1, 0.15) is 0 Å². The van der Waals surface area contributed by atoms with Crippen LogP contribution in [0.1, 0.15) is 32.5 Å². The number of rotatable bonds is 6. The molecule has 8 heteroatoms. The van der Waals surface area contributed by atoms with Gasteiger partial charge in [-0.25, -0.2) is 18.6 Å². The highest BCUT2D eigenvalue weighted by atomic mass is 19.3. The molecule has 23 heavy (non-hydrogen) atoms. The summed E-state index contributed by atoms with van der Waals surface area (Å²) in [6, 6.07) is 4.17. The molecule has 1 aromatic carbocycles. The summed E-state index contributed by atoms with van der Waals surface area (Å²) in [4.78, 5) is 18.0. The number of H-pyrrole nitrogens is 1. The Kier molecular flexibility index (Phi) is 5.49. The highest BCUT2D eigenvalue weighted by molar-refractivity contribution is 5.91. The number of aliphatic hydroxyl groups excluding tert-OH is 1. The molecule has 4 N–H and O–H groups in total. The van der Waals surface area contributed by atoms with Gasteiger partial charge in [-0.05, 0) is 30.5 Å². The number of fused-ring (bicyclic) bond motifs is 1. The lowest BCUT2D eigenvalue weighted by molar-refractivity contribution is 0.142. The molecule has 2 rings (SSSR count). The number of nitrogens with one attached hydrogen (secondary N) is 3. The largest absolute Gasteiger partial charge is 0.391 e. The summed E-state index contributed by atoms with van der Waals surface area (Å²) >= 11 is 0. The van der Waals surface area contributed by atoms with Crippen LogP contribution in [0.2, 0.25) is 0 Å². The van der Waals surface area contributed by atoms with Gasteiger partial charge in [0.05, 0.1) is 17.1 Å². The predicted molar refractivity (Wildman–Crippen MR) is 83.5 cm³/mol. The van der Waals surface area contributed by atoms with Crippen LogP contribution in [0, 0.1) is 5.92 Å². The first kappa shape index (κ1) is 17.1. The average Bonchev–Trinajstić information content (AvgIpc) is 2.88. The van der Waals surface area contributed by atoms with E-state index in [9.17, 15) is 18.7 Å². The second-order valence-corrected chi connectivity index (χ2v) is 5.77. The molecule has 0 aliphatic rings. The van der Waals surface area contributed by atoms with Crippen LogP contribution in [0.15, 0.2) is 18.2 Å². The van der Waals surface area contributed by atoms with E-state index in [2.05, 4.69) is 20.6 Å². The summed E-state index contributed by atoms with van der Waals surface area (Å²) in [5.41, 5.74) is 1.26. The van der Waals surface area contributed by atoms with Gasteiger partial charge >= 0.3 is 6.03 Å². The number of aliphatic hydroxyl groups is 1. The normalized spacial score (nSPS) is 12.8. The van der Waals surface area contributed by atoms with Crippen molar-refractivity contribution >= 4 is 22.8 Å². The van der Waals surface area contributed by atoms with Crippen LogP contribution in [0.4, 0.5) is 19.3 Å². The van der Waals surface area contributed by atoms with Crippen LogP contribution in [0.5, 0.6) is 0 Å². The fraction of sp³-hybridized carbons (Fsp3) is 0.467. The standard InChI is InChI=1S/C15H20F2N4O2/c1-8(2)5-10(22)7-18-15(23)19-9-3-4-11-12(6-9)21-14(20-11)13(16)17/h3-4,6,8,10,13,22H,5,7H2,1-2H3,(H,20,21)(H2,18,19,23). The van der Waals surface area contributed by atoms with Crippen molar-refractivity contribution in [3.05, 3.63) is 24.0 Å². The Morgan fingerprint density at radius 3 is 2.78 bits per heavy atom. The number of imidazole rings is 1. The lowest BCUT2D eigenvalue weighted by atomic mass is 10.1. The van der Waals surface area contributed by atoms with E-state index in [1.54, 1.807) is 12.1 Å². The smallest absolute Gasteiger partial charge is 0.319 e. The number of amides is 2. The van der Waals surface area contributed by atoms with E-state index in [1.807, 2.05) is 13.8 Å². The quantitative estimate of drug-likeness (QED) is 0.658. The fourth-order valence-electron chi connectivity index (χ4n) is 2.22. The third kappa shape index (κ3) is 4.88. The average molecular weight is 326 g/mol. The van der Waals surface area contributed by atoms with E-state index in [4.69, 9.17) is 0 Å². The van der Waals surface area contributed by atoms with Gasteiger partial charge in [0.15, 0.2) is 5.82 Å². The third-order valence-electron chi connectivity index (χ3n) is 3.21. The highest BCUT2D eigenvalue weighted by Gasteiger charge is 2.13. The first-order chi connectivity index (χ1) is 10.8. The summed E-state index contributed by atoms with van der Waals surface area (Å²) in [6.07, 6.45) is -2.69. The fourth-order valence-corrected chi connectivity index (χ4v) is 2.22. The molecular formula is C15H20F2N4O2. The maximum atomic E-state index is 12.6. The van der Waals surface area contributed by atoms with Gasteiger partial charge in [0.2, 0.25) is 0 Å². The van der Waals surface area contributed by atoms with E-state index >= 15 is 0 Å². The van der Waals surface area contributed by atoms with Crippen molar-refractivity contribution < 1.29 is 18.7 Å². The second-order valence-electron chi connectivity index (χ2n) is 5.77. The molecule has 0 aliphatic carbocycles. The number of urea groups is 1. The first-order valence-electron chi connectivity index (χ1n) is 7.36. The monoisotopic (exact) mass is 326 g/mol. The van der Waals surface area contributed by atoms with Crippen LogP contribution in [-0.4, -0.2) is 33.8 Å². The maximum absolute atomic E-state index is 12.6. The van der Waals surface area contributed by atoms with E-state index in [0.29, 0.717) is 29.1 Å². The number of nitrogens with zero attached hydrogens (tertiary/aromatic N) is 1. The van der Waals surface area contributed by atoms with E-state index in [-0.39, 0.29) is 6.54 Å². The van der Waals surface area contributed by atoms with Crippen LogP contribution >= 0.6 is 0 Å². The molecule has 2 aromatic rings. The second kappa shape index (κ2) is 7.36. The molecule has 0 saturated carbocycles. The molecule has 1 unspecified atom stereocenters.